The van der Waals surface area contributed by atoms with Crippen molar-refractivity contribution in [1.82, 2.24) is 0 Å². The van der Waals surface area contributed by atoms with E-state index in [0.29, 0.717) is 31.4 Å². The second-order valence-corrected chi connectivity index (χ2v) is 8.58. The van der Waals surface area contributed by atoms with Crippen molar-refractivity contribution in [2.75, 3.05) is 6.26 Å². The number of rotatable bonds is 5. The number of cyclic esters (lactones) is 1. The SMILES string of the molecule is CC[C@H]1OC(=O)C[C@@H]1[Se]c1ccccc1[C@H](C)SC. The summed E-state index contributed by atoms with van der Waals surface area (Å²) in [5.74, 6) is -0.0193. The Labute approximate surface area is 125 Å². The van der Waals surface area contributed by atoms with Crippen LogP contribution in [0.15, 0.2) is 24.3 Å². The van der Waals surface area contributed by atoms with Crippen LogP contribution in [0, 0.1) is 0 Å². The van der Waals surface area contributed by atoms with Gasteiger partial charge in [-0.15, -0.1) is 0 Å². The van der Waals surface area contributed by atoms with Crippen LogP contribution in [0.3, 0.4) is 0 Å². The summed E-state index contributed by atoms with van der Waals surface area (Å²) in [5, 5.41) is 0.510. The Hall–Kier alpha value is -0.441. The number of carbonyl (C=O) groups excluding carboxylic acids is 1. The summed E-state index contributed by atoms with van der Waals surface area (Å²) in [6.45, 7) is 4.34. The third-order valence-corrected chi connectivity index (χ3v) is 7.35. The molecule has 0 aliphatic carbocycles. The number of thioether (sulfide) groups is 1. The van der Waals surface area contributed by atoms with Crippen LogP contribution in [0.25, 0.3) is 0 Å². The van der Waals surface area contributed by atoms with Crippen LogP contribution in [0.2, 0.25) is 4.82 Å². The normalized spacial score (nSPS) is 24.3. The Balaban J connectivity index is 2.17. The molecule has 2 rings (SSSR count). The molecule has 104 valence electrons. The van der Waals surface area contributed by atoms with E-state index in [2.05, 4.69) is 44.4 Å². The van der Waals surface area contributed by atoms with Crippen LogP contribution in [0.1, 0.15) is 37.5 Å². The Kier molecular flexibility index (Phi) is 5.37. The van der Waals surface area contributed by atoms with Gasteiger partial charge in [-0.2, -0.15) is 0 Å². The Morgan fingerprint density at radius 2 is 2.21 bits per heavy atom. The van der Waals surface area contributed by atoms with E-state index in [1.165, 1.54) is 10.0 Å². The molecule has 0 radical (unpaired) electrons. The summed E-state index contributed by atoms with van der Waals surface area (Å²) in [4.78, 5) is 11.9. The number of carbonyl (C=O) groups is 1. The Morgan fingerprint density at radius 1 is 1.47 bits per heavy atom. The molecule has 1 aliphatic rings. The van der Waals surface area contributed by atoms with Gasteiger partial charge in [0.15, 0.2) is 0 Å². The number of hydrogen-bond donors (Lipinski definition) is 0. The summed E-state index contributed by atoms with van der Waals surface area (Å²) in [6, 6.07) is 8.65. The van der Waals surface area contributed by atoms with Crippen molar-refractivity contribution in [3.05, 3.63) is 29.8 Å². The molecule has 4 heteroatoms. The van der Waals surface area contributed by atoms with Gasteiger partial charge in [0, 0.05) is 0 Å². The van der Waals surface area contributed by atoms with E-state index in [-0.39, 0.29) is 12.1 Å². The monoisotopic (exact) mass is 344 g/mol. The van der Waals surface area contributed by atoms with Crippen molar-refractivity contribution in [2.24, 2.45) is 0 Å². The first-order valence-corrected chi connectivity index (χ1v) is 9.77. The second-order valence-electron chi connectivity index (χ2n) is 4.71. The fourth-order valence-corrected chi connectivity index (χ4v) is 6.01. The number of esters is 1. The molecule has 1 aliphatic heterocycles. The molecule has 1 saturated heterocycles. The van der Waals surface area contributed by atoms with Crippen molar-refractivity contribution in [2.45, 2.75) is 42.9 Å². The summed E-state index contributed by atoms with van der Waals surface area (Å²) < 4.78 is 6.82. The topological polar surface area (TPSA) is 26.3 Å². The van der Waals surface area contributed by atoms with Crippen LogP contribution in [-0.2, 0) is 9.53 Å². The summed E-state index contributed by atoms with van der Waals surface area (Å²) >= 11 is 2.18. The van der Waals surface area contributed by atoms with E-state index >= 15 is 0 Å². The number of benzene rings is 1. The fraction of sp³-hybridized carbons (Fsp3) is 0.533. The van der Waals surface area contributed by atoms with Gasteiger partial charge >= 0.3 is 126 Å². The molecule has 0 unspecified atom stereocenters. The van der Waals surface area contributed by atoms with Gasteiger partial charge in [0.2, 0.25) is 0 Å². The molecular formula is C15H20O2SSe. The zero-order chi connectivity index (χ0) is 13.8. The van der Waals surface area contributed by atoms with E-state index < -0.39 is 0 Å². The van der Waals surface area contributed by atoms with E-state index in [4.69, 9.17) is 4.74 Å². The molecule has 0 spiro atoms. The van der Waals surface area contributed by atoms with E-state index in [0.717, 1.165) is 6.42 Å². The number of hydrogen-bond acceptors (Lipinski definition) is 3. The van der Waals surface area contributed by atoms with Gasteiger partial charge in [-0.1, -0.05) is 0 Å². The standard InChI is InChI=1S/C15H20O2SSe/c1-4-12-14(9-15(16)17-12)19-13-8-6-5-7-11(13)10(2)18-3/h5-8,10,12,14H,4,9H2,1-3H3/t10-,12+,14-/m0/s1. The maximum atomic E-state index is 11.5. The number of ether oxygens (including phenoxy) is 1. The van der Waals surface area contributed by atoms with Crippen molar-refractivity contribution in [1.29, 1.82) is 0 Å². The predicted octanol–water partition coefficient (Wildman–Crippen LogP) is 2.95. The van der Waals surface area contributed by atoms with Crippen LogP contribution < -0.4 is 4.46 Å². The van der Waals surface area contributed by atoms with Gasteiger partial charge in [0.25, 0.3) is 0 Å². The first kappa shape index (κ1) is 15.0. The molecule has 3 atom stereocenters. The van der Waals surface area contributed by atoms with Crippen molar-refractivity contribution in [3.8, 4) is 0 Å². The van der Waals surface area contributed by atoms with Gasteiger partial charge in [0.05, 0.1) is 0 Å². The maximum absolute atomic E-state index is 11.5. The van der Waals surface area contributed by atoms with E-state index in [9.17, 15) is 4.79 Å². The zero-order valence-electron chi connectivity index (χ0n) is 11.6. The van der Waals surface area contributed by atoms with Gasteiger partial charge in [-0.25, -0.2) is 0 Å². The van der Waals surface area contributed by atoms with Gasteiger partial charge in [0.1, 0.15) is 0 Å². The first-order chi connectivity index (χ1) is 9.15. The van der Waals surface area contributed by atoms with E-state index in [1.807, 2.05) is 11.8 Å². The van der Waals surface area contributed by atoms with Crippen LogP contribution in [0.5, 0.6) is 0 Å². The van der Waals surface area contributed by atoms with E-state index in [1.54, 1.807) is 0 Å². The molecule has 0 aromatic heterocycles. The molecule has 1 aromatic carbocycles. The zero-order valence-corrected chi connectivity index (χ0v) is 14.1. The molecule has 2 nitrogen and oxygen atoms in total. The third kappa shape index (κ3) is 3.56. The minimum absolute atomic E-state index is 0.0193. The molecule has 0 N–H and O–H groups in total. The summed E-state index contributed by atoms with van der Waals surface area (Å²) in [6.07, 6.45) is 3.80. The first-order valence-electron chi connectivity index (χ1n) is 6.63. The Morgan fingerprint density at radius 3 is 2.89 bits per heavy atom. The van der Waals surface area contributed by atoms with Crippen LogP contribution in [0.4, 0.5) is 0 Å². The predicted molar refractivity (Wildman–Crippen MR) is 82.3 cm³/mol. The fourth-order valence-electron chi connectivity index (χ4n) is 2.27. The summed E-state index contributed by atoms with van der Waals surface area (Å²) in [5.41, 5.74) is 1.42. The second kappa shape index (κ2) is 6.83. The van der Waals surface area contributed by atoms with Crippen LogP contribution >= 0.6 is 11.8 Å². The average Bonchev–Trinajstić information content (AvgIpc) is 2.78. The van der Waals surface area contributed by atoms with Crippen molar-refractivity contribution in [3.63, 3.8) is 0 Å². The molecule has 1 fully saturated rings. The average molecular weight is 343 g/mol. The van der Waals surface area contributed by atoms with Crippen molar-refractivity contribution >= 4 is 37.1 Å². The quantitative estimate of drug-likeness (QED) is 0.607. The minimum atomic E-state index is -0.0193. The summed E-state index contributed by atoms with van der Waals surface area (Å²) in [7, 11) is 0. The molecule has 0 saturated carbocycles. The van der Waals surface area contributed by atoms with Crippen LogP contribution in [-0.4, -0.2) is 33.3 Å². The van der Waals surface area contributed by atoms with Gasteiger partial charge < -0.3 is 0 Å². The molecule has 0 bridgehead atoms. The molecular weight excluding hydrogens is 323 g/mol. The molecule has 1 aromatic rings. The van der Waals surface area contributed by atoms with Crippen molar-refractivity contribution < 1.29 is 9.53 Å². The third-order valence-electron chi connectivity index (χ3n) is 3.46. The van der Waals surface area contributed by atoms with Gasteiger partial charge in [-0.3, -0.25) is 0 Å². The molecule has 0 amide bonds. The van der Waals surface area contributed by atoms with Gasteiger partial charge in [-0.05, 0) is 0 Å². The molecule has 19 heavy (non-hydrogen) atoms. The molecule has 1 heterocycles. The Bertz CT molecular complexity index is 450.